The molecule has 0 aromatic heterocycles. The van der Waals surface area contributed by atoms with Gasteiger partial charge in [0.05, 0.1) is 0 Å². The van der Waals surface area contributed by atoms with Gasteiger partial charge in [-0.3, -0.25) is 0 Å². The standard InChI is InChI=1S/C14H16/c1-10(2)13-8-11(3)14(9-13)12-6-4-5-7-12/h4-6,8-9H,7H2,1-3H3. The average molecular weight is 184 g/mol. The van der Waals surface area contributed by atoms with Crippen molar-refractivity contribution in [2.45, 2.75) is 27.2 Å². The molecule has 0 amide bonds. The van der Waals surface area contributed by atoms with Crippen LogP contribution in [0.4, 0.5) is 0 Å². The van der Waals surface area contributed by atoms with Crippen LogP contribution in [0.5, 0.6) is 0 Å². The van der Waals surface area contributed by atoms with Gasteiger partial charge in [-0.05, 0) is 55.6 Å². The van der Waals surface area contributed by atoms with Crippen molar-refractivity contribution in [3.8, 4) is 0 Å². The van der Waals surface area contributed by atoms with Crippen molar-refractivity contribution in [1.82, 2.24) is 0 Å². The van der Waals surface area contributed by atoms with Gasteiger partial charge < -0.3 is 0 Å². The molecule has 0 aromatic carbocycles. The Morgan fingerprint density at radius 2 is 2.00 bits per heavy atom. The van der Waals surface area contributed by atoms with Crippen LogP contribution in [0.25, 0.3) is 0 Å². The van der Waals surface area contributed by atoms with E-state index in [1.165, 1.54) is 27.9 Å². The van der Waals surface area contributed by atoms with Crippen molar-refractivity contribution in [1.29, 1.82) is 0 Å². The summed E-state index contributed by atoms with van der Waals surface area (Å²) in [6.07, 6.45) is 12.3. The summed E-state index contributed by atoms with van der Waals surface area (Å²) in [6.45, 7) is 6.53. The molecule has 0 saturated heterocycles. The highest BCUT2D eigenvalue weighted by atomic mass is 14.2. The molecule has 0 bridgehead atoms. The van der Waals surface area contributed by atoms with Crippen LogP contribution in [0.2, 0.25) is 0 Å². The summed E-state index contributed by atoms with van der Waals surface area (Å²) in [4.78, 5) is 0. The lowest BCUT2D eigenvalue weighted by atomic mass is 10.0. The summed E-state index contributed by atoms with van der Waals surface area (Å²) >= 11 is 0. The molecule has 14 heavy (non-hydrogen) atoms. The second-order valence-electron chi connectivity index (χ2n) is 4.16. The minimum atomic E-state index is 1.09. The molecule has 0 atom stereocenters. The van der Waals surface area contributed by atoms with Gasteiger partial charge in [-0.2, -0.15) is 0 Å². The minimum Gasteiger partial charge on any atom is -0.0801 e. The second kappa shape index (κ2) is 3.45. The first kappa shape index (κ1) is 9.26. The SMILES string of the molecule is CC1=CC(=C(C)C)C=C1C1=CC=CC1. The Balaban J connectivity index is 2.36. The van der Waals surface area contributed by atoms with Crippen LogP contribution in [0.3, 0.4) is 0 Å². The molecule has 0 N–H and O–H groups in total. The van der Waals surface area contributed by atoms with Crippen LogP contribution in [0, 0.1) is 0 Å². The predicted octanol–water partition coefficient (Wildman–Crippen LogP) is 4.10. The van der Waals surface area contributed by atoms with Crippen LogP contribution in [-0.4, -0.2) is 0 Å². The van der Waals surface area contributed by atoms with E-state index in [0.29, 0.717) is 0 Å². The zero-order chi connectivity index (χ0) is 10.1. The molecule has 2 aliphatic carbocycles. The van der Waals surface area contributed by atoms with Crippen molar-refractivity contribution in [2.24, 2.45) is 0 Å². The molecular weight excluding hydrogens is 168 g/mol. The molecule has 0 nitrogen and oxygen atoms in total. The fourth-order valence-corrected chi connectivity index (χ4v) is 1.90. The maximum absolute atomic E-state index is 2.31. The highest BCUT2D eigenvalue weighted by Gasteiger charge is 2.14. The first-order valence-corrected chi connectivity index (χ1v) is 5.12. The molecule has 0 fully saturated rings. The Bertz CT molecular complexity index is 405. The van der Waals surface area contributed by atoms with Gasteiger partial charge in [0.1, 0.15) is 0 Å². The molecule has 0 heterocycles. The van der Waals surface area contributed by atoms with Crippen molar-refractivity contribution in [3.05, 3.63) is 58.2 Å². The second-order valence-corrected chi connectivity index (χ2v) is 4.16. The molecule has 2 rings (SSSR count). The van der Waals surface area contributed by atoms with Gasteiger partial charge in [-0.1, -0.05) is 29.9 Å². The van der Waals surface area contributed by atoms with E-state index in [1.807, 2.05) is 0 Å². The van der Waals surface area contributed by atoms with Crippen LogP contribution in [0.1, 0.15) is 27.2 Å². The number of hydrogen-bond donors (Lipinski definition) is 0. The third-order valence-corrected chi connectivity index (χ3v) is 2.79. The van der Waals surface area contributed by atoms with E-state index in [4.69, 9.17) is 0 Å². The Morgan fingerprint density at radius 1 is 1.21 bits per heavy atom. The van der Waals surface area contributed by atoms with Gasteiger partial charge in [0.25, 0.3) is 0 Å². The van der Waals surface area contributed by atoms with Crippen LogP contribution < -0.4 is 0 Å². The molecule has 0 heteroatoms. The van der Waals surface area contributed by atoms with Gasteiger partial charge in [0.2, 0.25) is 0 Å². The van der Waals surface area contributed by atoms with E-state index < -0.39 is 0 Å². The molecule has 0 unspecified atom stereocenters. The predicted molar refractivity (Wildman–Crippen MR) is 62.1 cm³/mol. The summed E-state index contributed by atoms with van der Waals surface area (Å²) in [7, 11) is 0. The molecule has 72 valence electrons. The first-order valence-electron chi connectivity index (χ1n) is 5.12. The van der Waals surface area contributed by atoms with Crippen molar-refractivity contribution in [2.75, 3.05) is 0 Å². The summed E-state index contributed by atoms with van der Waals surface area (Å²) in [5.41, 5.74) is 7.05. The van der Waals surface area contributed by atoms with Crippen molar-refractivity contribution in [3.63, 3.8) is 0 Å². The van der Waals surface area contributed by atoms with Gasteiger partial charge >= 0.3 is 0 Å². The Kier molecular flexibility index (Phi) is 2.28. The lowest BCUT2D eigenvalue weighted by molar-refractivity contribution is 1.25. The first-order chi connectivity index (χ1) is 6.68. The molecule has 0 radical (unpaired) electrons. The summed E-state index contributed by atoms with van der Waals surface area (Å²) in [6, 6.07) is 0. The summed E-state index contributed by atoms with van der Waals surface area (Å²) < 4.78 is 0. The lowest BCUT2D eigenvalue weighted by Crippen LogP contribution is -1.84. The average Bonchev–Trinajstić information content (AvgIpc) is 2.71. The smallest absolute Gasteiger partial charge is 0.00883 e. The maximum Gasteiger partial charge on any atom is -0.00883 e. The van der Waals surface area contributed by atoms with Crippen LogP contribution >= 0.6 is 0 Å². The summed E-state index contributed by atoms with van der Waals surface area (Å²) in [5.74, 6) is 0. The topological polar surface area (TPSA) is 0 Å². The number of allylic oxidation sites excluding steroid dienone is 10. The fraction of sp³-hybridized carbons (Fsp3) is 0.286. The monoisotopic (exact) mass is 184 g/mol. The number of hydrogen-bond acceptors (Lipinski definition) is 0. The fourth-order valence-electron chi connectivity index (χ4n) is 1.90. The van der Waals surface area contributed by atoms with E-state index in [1.54, 1.807) is 0 Å². The van der Waals surface area contributed by atoms with Gasteiger partial charge in [0, 0.05) is 0 Å². The molecular formula is C14H16. The Labute approximate surface area is 86.0 Å². The van der Waals surface area contributed by atoms with Gasteiger partial charge in [0.15, 0.2) is 0 Å². The Morgan fingerprint density at radius 3 is 2.50 bits per heavy atom. The third-order valence-electron chi connectivity index (χ3n) is 2.79. The maximum atomic E-state index is 2.31. The van der Waals surface area contributed by atoms with E-state index >= 15 is 0 Å². The number of rotatable bonds is 1. The van der Waals surface area contributed by atoms with Crippen molar-refractivity contribution < 1.29 is 0 Å². The zero-order valence-electron chi connectivity index (χ0n) is 9.09. The van der Waals surface area contributed by atoms with Crippen molar-refractivity contribution >= 4 is 0 Å². The van der Waals surface area contributed by atoms with Gasteiger partial charge in [-0.15, -0.1) is 0 Å². The highest BCUT2D eigenvalue weighted by molar-refractivity contribution is 5.61. The normalized spacial score (nSPS) is 19.6. The zero-order valence-corrected chi connectivity index (χ0v) is 9.09. The molecule has 0 aromatic rings. The minimum absolute atomic E-state index is 1.09. The van der Waals surface area contributed by atoms with Crippen LogP contribution in [0.15, 0.2) is 58.2 Å². The quantitative estimate of drug-likeness (QED) is 0.575. The summed E-state index contributed by atoms with van der Waals surface area (Å²) in [5, 5.41) is 0. The largest absolute Gasteiger partial charge is 0.0801 e. The molecule has 2 aliphatic rings. The molecule has 0 aliphatic heterocycles. The third kappa shape index (κ3) is 1.52. The van der Waals surface area contributed by atoms with E-state index in [2.05, 4.69) is 51.2 Å². The van der Waals surface area contributed by atoms with E-state index in [-0.39, 0.29) is 0 Å². The van der Waals surface area contributed by atoms with Gasteiger partial charge in [-0.25, -0.2) is 0 Å². The highest BCUT2D eigenvalue weighted by Crippen LogP contribution is 2.33. The lowest BCUT2D eigenvalue weighted by Gasteiger charge is -2.03. The Hall–Kier alpha value is -1.30. The molecule has 0 spiro atoms. The molecule has 0 saturated carbocycles. The van der Waals surface area contributed by atoms with E-state index in [0.717, 1.165) is 6.42 Å². The van der Waals surface area contributed by atoms with Crippen LogP contribution in [-0.2, 0) is 0 Å². The van der Waals surface area contributed by atoms with E-state index in [9.17, 15) is 0 Å².